The fourth-order valence-electron chi connectivity index (χ4n) is 4.31. The van der Waals surface area contributed by atoms with E-state index >= 15 is 0 Å². The van der Waals surface area contributed by atoms with Crippen molar-refractivity contribution in [2.75, 3.05) is 25.6 Å². The molecule has 0 saturated carbocycles. The lowest BCUT2D eigenvalue weighted by atomic mass is 9.82. The van der Waals surface area contributed by atoms with E-state index in [0.29, 0.717) is 0 Å². The summed E-state index contributed by atoms with van der Waals surface area (Å²) in [5, 5.41) is 13.2. The Kier molecular flexibility index (Phi) is 4.97. The van der Waals surface area contributed by atoms with Gasteiger partial charge in [0.05, 0.1) is 25.8 Å². The molecule has 0 spiro atoms. The molecule has 0 bridgehead atoms. The van der Waals surface area contributed by atoms with Crippen LogP contribution in [0.1, 0.15) is 36.1 Å². The number of likely N-dealkylation sites (tertiary alicyclic amines) is 1. The molecule has 3 atom stereocenters. The second kappa shape index (κ2) is 7.57. The third-order valence-corrected chi connectivity index (χ3v) is 5.71. The van der Waals surface area contributed by atoms with Gasteiger partial charge in [-0.05, 0) is 54.4 Å². The van der Waals surface area contributed by atoms with Gasteiger partial charge in [0.2, 0.25) is 5.91 Å². The van der Waals surface area contributed by atoms with Crippen LogP contribution >= 0.6 is 0 Å². The number of fused-ring (bicyclic) bond motifs is 3. The van der Waals surface area contributed by atoms with Crippen LogP contribution < -0.4 is 10.1 Å². The highest BCUT2D eigenvalue weighted by Crippen LogP contribution is 2.46. The molecular formula is C23H24N2O3. The van der Waals surface area contributed by atoms with Gasteiger partial charge in [-0.2, -0.15) is 0 Å². The van der Waals surface area contributed by atoms with E-state index in [1.165, 1.54) is 0 Å². The number of aliphatic hydroxyl groups excluding tert-OH is 1. The smallest absolute Gasteiger partial charge is 0.219 e. The van der Waals surface area contributed by atoms with Crippen molar-refractivity contribution in [1.29, 1.82) is 0 Å². The maximum absolute atomic E-state index is 12.2. The number of aliphatic hydroxyl groups is 1. The lowest BCUT2D eigenvalue weighted by Crippen LogP contribution is -2.42. The zero-order valence-electron chi connectivity index (χ0n) is 16.1. The minimum absolute atomic E-state index is 0.00589. The van der Waals surface area contributed by atoms with Crippen molar-refractivity contribution < 1.29 is 14.6 Å². The average Bonchev–Trinajstić information content (AvgIpc) is 3.18. The van der Waals surface area contributed by atoms with Crippen LogP contribution in [-0.2, 0) is 4.79 Å². The highest BCUT2D eigenvalue weighted by Gasteiger charge is 2.44. The Morgan fingerprint density at radius 1 is 1.21 bits per heavy atom. The standard InChI is InChI=1S/C23H24N2O3/c1-15(27)25-12-11-19-22(14-26)24-21-10-7-17(13-20(21)23(19)25)4-3-16-5-8-18(28-2)9-6-16/h5-10,13,19,22-24,26H,11-12,14H2,1-2H3/t19-,22+,23-/m0/s1. The molecule has 0 aromatic heterocycles. The van der Waals surface area contributed by atoms with Crippen molar-refractivity contribution in [3.05, 3.63) is 59.2 Å². The molecule has 0 radical (unpaired) electrons. The first-order chi connectivity index (χ1) is 13.6. The number of anilines is 1. The molecule has 5 nitrogen and oxygen atoms in total. The van der Waals surface area contributed by atoms with Gasteiger partial charge >= 0.3 is 0 Å². The number of carbonyl (C=O) groups is 1. The molecule has 2 aromatic carbocycles. The second-order valence-electron chi connectivity index (χ2n) is 7.32. The zero-order valence-corrected chi connectivity index (χ0v) is 16.1. The Morgan fingerprint density at radius 3 is 2.61 bits per heavy atom. The Balaban J connectivity index is 1.67. The highest BCUT2D eigenvalue weighted by molar-refractivity contribution is 5.75. The summed E-state index contributed by atoms with van der Waals surface area (Å²) in [6.07, 6.45) is 0.893. The number of hydrogen-bond acceptors (Lipinski definition) is 4. The van der Waals surface area contributed by atoms with Gasteiger partial charge in [0.1, 0.15) is 5.75 Å². The van der Waals surface area contributed by atoms with E-state index < -0.39 is 0 Å². The summed E-state index contributed by atoms with van der Waals surface area (Å²) < 4.78 is 5.18. The van der Waals surface area contributed by atoms with Crippen molar-refractivity contribution in [3.8, 4) is 17.6 Å². The Hall–Kier alpha value is -2.97. The lowest BCUT2D eigenvalue weighted by molar-refractivity contribution is -0.130. The maximum atomic E-state index is 12.2. The third-order valence-electron chi connectivity index (χ3n) is 5.71. The van der Waals surface area contributed by atoms with Crippen molar-refractivity contribution in [1.82, 2.24) is 4.90 Å². The first-order valence-corrected chi connectivity index (χ1v) is 9.55. The fraction of sp³-hybridized carbons (Fsp3) is 0.348. The normalized spacial score (nSPS) is 22.4. The Labute approximate surface area is 165 Å². The monoisotopic (exact) mass is 376 g/mol. The van der Waals surface area contributed by atoms with Gasteiger partial charge in [0, 0.05) is 36.2 Å². The van der Waals surface area contributed by atoms with E-state index in [2.05, 4.69) is 23.2 Å². The molecule has 1 amide bonds. The molecule has 2 N–H and O–H groups in total. The number of nitrogens with one attached hydrogen (secondary N) is 1. The average molecular weight is 376 g/mol. The minimum atomic E-state index is -0.0296. The van der Waals surface area contributed by atoms with Crippen LogP contribution in [0.5, 0.6) is 5.75 Å². The Morgan fingerprint density at radius 2 is 1.93 bits per heavy atom. The van der Waals surface area contributed by atoms with Crippen molar-refractivity contribution in [3.63, 3.8) is 0 Å². The second-order valence-corrected chi connectivity index (χ2v) is 7.32. The summed E-state index contributed by atoms with van der Waals surface area (Å²) in [5.41, 5.74) is 3.89. The van der Waals surface area contributed by atoms with Crippen LogP contribution in [0.15, 0.2) is 42.5 Å². The van der Waals surface area contributed by atoms with Crippen LogP contribution in [0.25, 0.3) is 0 Å². The van der Waals surface area contributed by atoms with Gasteiger partial charge in [0.15, 0.2) is 0 Å². The first kappa shape index (κ1) is 18.4. The quantitative estimate of drug-likeness (QED) is 0.792. The molecule has 28 heavy (non-hydrogen) atoms. The number of benzene rings is 2. The number of rotatable bonds is 2. The van der Waals surface area contributed by atoms with E-state index in [1.54, 1.807) is 14.0 Å². The fourth-order valence-corrected chi connectivity index (χ4v) is 4.31. The van der Waals surface area contributed by atoms with Crippen LogP contribution in [0.3, 0.4) is 0 Å². The summed E-state index contributed by atoms with van der Waals surface area (Å²) in [6, 6.07) is 13.7. The molecule has 0 aliphatic carbocycles. The van der Waals surface area contributed by atoms with E-state index in [1.807, 2.05) is 41.3 Å². The predicted octanol–water partition coefficient (Wildman–Crippen LogP) is 2.79. The highest BCUT2D eigenvalue weighted by atomic mass is 16.5. The number of amides is 1. The molecule has 144 valence electrons. The summed E-state index contributed by atoms with van der Waals surface area (Å²) in [4.78, 5) is 14.1. The van der Waals surface area contributed by atoms with E-state index in [-0.39, 0.29) is 30.5 Å². The SMILES string of the molecule is COc1ccc(C#Cc2ccc3c(c2)[C@@H]2[C@@H](CCN2C(C)=O)[C@@H](CO)N3)cc1. The third kappa shape index (κ3) is 3.32. The summed E-state index contributed by atoms with van der Waals surface area (Å²) in [7, 11) is 1.64. The van der Waals surface area contributed by atoms with Crippen LogP contribution in [-0.4, -0.2) is 42.2 Å². The van der Waals surface area contributed by atoms with Gasteiger partial charge in [-0.25, -0.2) is 0 Å². The number of hydrogen-bond donors (Lipinski definition) is 2. The van der Waals surface area contributed by atoms with E-state index in [9.17, 15) is 9.90 Å². The number of ether oxygens (including phenoxy) is 1. The number of nitrogens with zero attached hydrogens (tertiary/aromatic N) is 1. The summed E-state index contributed by atoms with van der Waals surface area (Å²) in [6.45, 7) is 2.40. The first-order valence-electron chi connectivity index (χ1n) is 9.55. The van der Waals surface area contributed by atoms with Crippen molar-refractivity contribution >= 4 is 11.6 Å². The molecular weight excluding hydrogens is 352 g/mol. The van der Waals surface area contributed by atoms with Gasteiger partial charge in [-0.15, -0.1) is 0 Å². The topological polar surface area (TPSA) is 61.8 Å². The molecule has 2 aromatic rings. The number of carbonyl (C=O) groups excluding carboxylic acids is 1. The minimum Gasteiger partial charge on any atom is -0.497 e. The Bertz CT molecular complexity index is 943. The van der Waals surface area contributed by atoms with Gasteiger partial charge in [-0.1, -0.05) is 11.8 Å². The molecule has 1 fully saturated rings. The predicted molar refractivity (Wildman–Crippen MR) is 108 cm³/mol. The van der Waals surface area contributed by atoms with Crippen LogP contribution in [0.4, 0.5) is 5.69 Å². The van der Waals surface area contributed by atoms with Crippen molar-refractivity contribution in [2.45, 2.75) is 25.4 Å². The van der Waals surface area contributed by atoms with Gasteiger partial charge in [-0.3, -0.25) is 4.79 Å². The largest absolute Gasteiger partial charge is 0.497 e. The molecule has 2 aliphatic rings. The molecule has 4 rings (SSSR count). The summed E-state index contributed by atoms with van der Waals surface area (Å²) in [5.74, 6) is 7.51. The molecule has 2 aliphatic heterocycles. The van der Waals surface area contributed by atoms with Gasteiger partial charge in [0.25, 0.3) is 0 Å². The zero-order chi connectivity index (χ0) is 19.7. The molecule has 5 heteroatoms. The molecule has 0 unspecified atom stereocenters. The van der Waals surface area contributed by atoms with E-state index in [0.717, 1.165) is 41.1 Å². The molecule has 2 heterocycles. The lowest BCUT2D eigenvalue weighted by Gasteiger charge is -2.39. The van der Waals surface area contributed by atoms with Crippen LogP contribution in [0, 0.1) is 17.8 Å². The molecule has 1 saturated heterocycles. The van der Waals surface area contributed by atoms with Crippen LogP contribution in [0.2, 0.25) is 0 Å². The number of methoxy groups -OCH3 is 1. The van der Waals surface area contributed by atoms with Crippen molar-refractivity contribution in [2.24, 2.45) is 5.92 Å². The maximum Gasteiger partial charge on any atom is 0.219 e. The summed E-state index contributed by atoms with van der Waals surface area (Å²) >= 11 is 0. The van der Waals surface area contributed by atoms with Gasteiger partial charge < -0.3 is 20.1 Å². The van der Waals surface area contributed by atoms with E-state index in [4.69, 9.17) is 4.74 Å².